The Labute approximate surface area is 91.7 Å². The zero-order valence-corrected chi connectivity index (χ0v) is 9.91. The Morgan fingerprint density at radius 1 is 1.07 bits per heavy atom. The summed E-state index contributed by atoms with van der Waals surface area (Å²) in [6.45, 7) is 7.69. The van der Waals surface area contributed by atoms with Gasteiger partial charge in [0.25, 0.3) is 5.97 Å². The van der Waals surface area contributed by atoms with Crippen molar-refractivity contribution in [2.24, 2.45) is 0 Å². The third kappa shape index (κ3) is 7.70. The van der Waals surface area contributed by atoms with E-state index >= 15 is 0 Å². The molecule has 0 aromatic heterocycles. The van der Waals surface area contributed by atoms with Gasteiger partial charge >= 0.3 is 0 Å². The van der Waals surface area contributed by atoms with Crippen LogP contribution in [-0.4, -0.2) is 37.4 Å². The van der Waals surface area contributed by atoms with Gasteiger partial charge in [0.05, 0.1) is 6.61 Å². The molecule has 0 aliphatic carbocycles. The molecule has 0 aliphatic heterocycles. The zero-order valence-electron chi connectivity index (χ0n) is 9.91. The van der Waals surface area contributed by atoms with Gasteiger partial charge in [0.15, 0.2) is 0 Å². The second kappa shape index (κ2) is 9.06. The monoisotopic (exact) mass is 221 g/mol. The van der Waals surface area contributed by atoms with E-state index in [0.29, 0.717) is 32.8 Å². The number of nitrogens with one attached hydrogen (secondary N) is 1. The minimum absolute atomic E-state index is 0.425. The molecule has 0 aliphatic rings. The number of hydroxylamine groups is 1. The molecule has 0 atom stereocenters. The molecule has 0 heterocycles. The lowest BCUT2D eigenvalue weighted by Crippen LogP contribution is -2.36. The summed E-state index contributed by atoms with van der Waals surface area (Å²) in [5.41, 5.74) is 2.77. The fraction of sp³-hybridized carbons (Fsp3) is 1.00. The van der Waals surface area contributed by atoms with Crippen LogP contribution in [-0.2, 0) is 14.3 Å². The first-order valence-corrected chi connectivity index (χ1v) is 5.53. The van der Waals surface area contributed by atoms with Crippen LogP contribution in [0.25, 0.3) is 0 Å². The van der Waals surface area contributed by atoms with Crippen molar-refractivity contribution in [3.05, 3.63) is 0 Å². The van der Waals surface area contributed by atoms with Crippen LogP contribution in [0.1, 0.15) is 33.6 Å². The average Bonchev–Trinajstić information content (AvgIpc) is 2.18. The molecule has 0 rings (SSSR count). The highest BCUT2D eigenvalue weighted by molar-refractivity contribution is 4.55. The molecule has 0 saturated carbocycles. The van der Waals surface area contributed by atoms with E-state index in [0.717, 1.165) is 6.42 Å². The van der Waals surface area contributed by atoms with Gasteiger partial charge in [-0.05, 0) is 27.2 Å². The molecule has 0 aromatic rings. The van der Waals surface area contributed by atoms with Gasteiger partial charge in [-0.1, -0.05) is 0 Å². The molecule has 2 N–H and O–H groups in total. The Hall–Kier alpha value is -0.200. The summed E-state index contributed by atoms with van der Waals surface area (Å²) in [6, 6.07) is 0. The minimum Gasteiger partial charge on any atom is -0.343 e. The lowest BCUT2D eigenvalue weighted by atomic mass is 10.2. The van der Waals surface area contributed by atoms with Crippen molar-refractivity contribution in [3.63, 3.8) is 0 Å². The van der Waals surface area contributed by atoms with Gasteiger partial charge in [-0.2, -0.15) is 0 Å². The Morgan fingerprint density at radius 3 is 2.13 bits per heavy atom. The van der Waals surface area contributed by atoms with Crippen LogP contribution in [0.4, 0.5) is 0 Å². The van der Waals surface area contributed by atoms with Gasteiger partial charge in [0, 0.05) is 26.2 Å². The normalized spacial score (nSPS) is 12.0. The number of aliphatic hydroxyl groups is 1. The average molecular weight is 221 g/mol. The van der Waals surface area contributed by atoms with Gasteiger partial charge in [-0.3, -0.25) is 0 Å². The summed E-state index contributed by atoms with van der Waals surface area (Å²) in [5.74, 6) is -1.45. The van der Waals surface area contributed by atoms with Gasteiger partial charge < -0.3 is 19.4 Å². The van der Waals surface area contributed by atoms with E-state index < -0.39 is 5.97 Å². The van der Waals surface area contributed by atoms with Gasteiger partial charge in [0.1, 0.15) is 0 Å². The molecule has 5 nitrogen and oxygen atoms in total. The van der Waals surface area contributed by atoms with Crippen molar-refractivity contribution in [3.8, 4) is 0 Å². The number of ether oxygens (including phenoxy) is 2. The Kier molecular flexibility index (Phi) is 8.94. The van der Waals surface area contributed by atoms with Crippen LogP contribution in [0.3, 0.4) is 0 Å². The van der Waals surface area contributed by atoms with Crippen LogP contribution in [0.5, 0.6) is 0 Å². The molecule has 0 spiro atoms. The number of rotatable bonds is 10. The summed E-state index contributed by atoms with van der Waals surface area (Å²) in [7, 11) is 0. The first kappa shape index (κ1) is 14.8. The van der Waals surface area contributed by atoms with E-state index in [1.165, 1.54) is 0 Å². The first-order chi connectivity index (χ1) is 7.18. The zero-order chi connectivity index (χ0) is 11.6. The standard InChI is InChI=1S/C10H23NO4/c1-4-13-10(12,14-5-2)8-7-9-11-15-6-3/h11-12H,4-9H2,1-3H3. The molecular formula is C10H23NO4. The summed E-state index contributed by atoms with van der Waals surface area (Å²) < 4.78 is 10.3. The Balaban J connectivity index is 3.65. The maximum Gasteiger partial charge on any atom is 0.280 e. The lowest BCUT2D eigenvalue weighted by molar-refractivity contribution is -0.360. The molecule has 0 unspecified atom stereocenters. The van der Waals surface area contributed by atoms with Crippen LogP contribution in [0.2, 0.25) is 0 Å². The highest BCUT2D eigenvalue weighted by Gasteiger charge is 2.27. The van der Waals surface area contributed by atoms with Crippen LogP contribution < -0.4 is 5.48 Å². The summed E-state index contributed by atoms with van der Waals surface area (Å²) in [6.07, 6.45) is 1.14. The maximum atomic E-state index is 9.85. The van der Waals surface area contributed by atoms with Gasteiger partial charge in [0.2, 0.25) is 0 Å². The molecule has 0 aromatic carbocycles. The second-order valence-electron chi connectivity index (χ2n) is 3.01. The van der Waals surface area contributed by atoms with Crippen molar-refractivity contribution in [2.75, 3.05) is 26.4 Å². The van der Waals surface area contributed by atoms with Crippen LogP contribution in [0, 0.1) is 0 Å². The van der Waals surface area contributed by atoms with E-state index in [-0.39, 0.29) is 0 Å². The van der Waals surface area contributed by atoms with E-state index in [1.807, 2.05) is 20.8 Å². The summed E-state index contributed by atoms with van der Waals surface area (Å²) in [4.78, 5) is 4.95. The minimum atomic E-state index is -1.45. The molecule has 5 heteroatoms. The second-order valence-corrected chi connectivity index (χ2v) is 3.01. The SMILES string of the molecule is CCONCCCC(O)(OCC)OCC. The fourth-order valence-electron chi connectivity index (χ4n) is 1.20. The molecule has 0 amide bonds. The lowest BCUT2D eigenvalue weighted by Gasteiger charge is -2.26. The van der Waals surface area contributed by atoms with E-state index in [2.05, 4.69) is 5.48 Å². The highest BCUT2D eigenvalue weighted by atomic mass is 16.8. The fourth-order valence-corrected chi connectivity index (χ4v) is 1.20. The maximum absolute atomic E-state index is 9.85. The van der Waals surface area contributed by atoms with E-state index in [4.69, 9.17) is 14.3 Å². The largest absolute Gasteiger partial charge is 0.343 e. The molecule has 0 radical (unpaired) electrons. The third-order valence-electron chi connectivity index (χ3n) is 1.76. The quantitative estimate of drug-likeness (QED) is 0.328. The number of hydrogen-bond acceptors (Lipinski definition) is 5. The predicted octanol–water partition coefficient (Wildman–Crippen LogP) is 1.03. The molecular weight excluding hydrogens is 198 g/mol. The number of hydrogen-bond donors (Lipinski definition) is 2. The topological polar surface area (TPSA) is 60.0 Å². The van der Waals surface area contributed by atoms with Crippen LogP contribution in [0.15, 0.2) is 0 Å². The Morgan fingerprint density at radius 2 is 1.67 bits per heavy atom. The molecule has 0 saturated heterocycles. The molecule has 15 heavy (non-hydrogen) atoms. The van der Waals surface area contributed by atoms with E-state index in [1.54, 1.807) is 0 Å². The van der Waals surface area contributed by atoms with Crippen molar-refractivity contribution in [1.29, 1.82) is 0 Å². The van der Waals surface area contributed by atoms with Crippen molar-refractivity contribution in [1.82, 2.24) is 5.48 Å². The molecule has 0 fully saturated rings. The smallest absolute Gasteiger partial charge is 0.280 e. The van der Waals surface area contributed by atoms with Gasteiger partial charge in [-0.25, -0.2) is 5.48 Å². The van der Waals surface area contributed by atoms with Crippen molar-refractivity contribution in [2.45, 2.75) is 39.6 Å². The molecule has 0 bridgehead atoms. The van der Waals surface area contributed by atoms with Crippen molar-refractivity contribution >= 4 is 0 Å². The predicted molar refractivity (Wildman–Crippen MR) is 57.1 cm³/mol. The van der Waals surface area contributed by atoms with E-state index in [9.17, 15) is 5.11 Å². The highest BCUT2D eigenvalue weighted by Crippen LogP contribution is 2.16. The van der Waals surface area contributed by atoms with Crippen molar-refractivity contribution < 1.29 is 19.4 Å². The Bertz CT molecular complexity index is 137. The van der Waals surface area contributed by atoms with Crippen LogP contribution >= 0.6 is 0 Å². The first-order valence-electron chi connectivity index (χ1n) is 5.53. The third-order valence-corrected chi connectivity index (χ3v) is 1.76. The summed E-state index contributed by atoms with van der Waals surface area (Å²) >= 11 is 0. The summed E-state index contributed by atoms with van der Waals surface area (Å²) in [5, 5.41) is 9.85. The molecule has 92 valence electrons. The van der Waals surface area contributed by atoms with Gasteiger partial charge in [-0.15, -0.1) is 0 Å².